The molecular formula is C47H29N3O. The highest BCUT2D eigenvalue weighted by Crippen LogP contribution is 2.41. The molecule has 4 heteroatoms. The Balaban J connectivity index is 1.14. The first-order valence-corrected chi connectivity index (χ1v) is 17.3. The Hall–Kier alpha value is -6.91. The van der Waals surface area contributed by atoms with Gasteiger partial charge >= 0.3 is 0 Å². The van der Waals surface area contributed by atoms with Crippen molar-refractivity contribution in [2.45, 2.75) is 0 Å². The van der Waals surface area contributed by atoms with Gasteiger partial charge in [-0.2, -0.15) is 0 Å². The summed E-state index contributed by atoms with van der Waals surface area (Å²) in [5.41, 5.74) is 11.7. The maximum Gasteiger partial charge on any atom is 0.146 e. The molecule has 0 saturated carbocycles. The lowest BCUT2D eigenvalue weighted by Crippen LogP contribution is -1.97. The summed E-state index contributed by atoms with van der Waals surface area (Å²) in [4.78, 5) is 5.21. The Morgan fingerprint density at radius 1 is 0.412 bits per heavy atom. The molecule has 3 heterocycles. The van der Waals surface area contributed by atoms with E-state index in [4.69, 9.17) is 9.40 Å². The van der Waals surface area contributed by atoms with E-state index in [0.29, 0.717) is 0 Å². The summed E-state index contributed by atoms with van der Waals surface area (Å²) in [6, 6.07) is 62.5. The number of hydrogen-bond acceptors (Lipinski definition) is 2. The summed E-state index contributed by atoms with van der Waals surface area (Å²) in [5.74, 6) is 0.892. The fourth-order valence-corrected chi connectivity index (χ4v) is 7.98. The molecule has 4 nitrogen and oxygen atoms in total. The number of aromatic nitrogens is 3. The van der Waals surface area contributed by atoms with Crippen molar-refractivity contribution >= 4 is 65.6 Å². The van der Waals surface area contributed by atoms with Crippen LogP contribution in [0.25, 0.3) is 99.4 Å². The quantitative estimate of drug-likeness (QED) is 0.190. The maximum atomic E-state index is 6.51. The van der Waals surface area contributed by atoms with Crippen molar-refractivity contribution < 1.29 is 4.42 Å². The Morgan fingerprint density at radius 2 is 1.06 bits per heavy atom. The van der Waals surface area contributed by atoms with E-state index < -0.39 is 0 Å². The van der Waals surface area contributed by atoms with Crippen LogP contribution < -0.4 is 0 Å². The molecule has 0 aliphatic rings. The smallest absolute Gasteiger partial charge is 0.146 e. The normalized spacial score (nSPS) is 11.9. The second kappa shape index (κ2) is 10.8. The van der Waals surface area contributed by atoms with Gasteiger partial charge in [-0.05, 0) is 101 Å². The van der Waals surface area contributed by atoms with E-state index in [1.54, 1.807) is 0 Å². The third kappa shape index (κ3) is 4.23. The molecule has 0 amide bonds. The standard InChI is InChI=1S/C47H29N3O/c1-3-14-34(15-4-1)49-41-24-22-32(27-37(41)38-26-30-12-7-8-13-31(30)29-43(38)49)33-23-25-44-39(28-33)46-36(18-11-21-45(46)51-44)47-48-40-19-9-10-20-42(40)50(47)35-16-5-2-6-17-35/h1-29H. The van der Waals surface area contributed by atoms with Gasteiger partial charge in [0.1, 0.15) is 17.0 Å². The molecule has 0 saturated heterocycles. The molecule has 51 heavy (non-hydrogen) atoms. The van der Waals surface area contributed by atoms with Crippen LogP contribution in [-0.4, -0.2) is 14.1 Å². The van der Waals surface area contributed by atoms with Crippen LogP contribution in [0.15, 0.2) is 180 Å². The van der Waals surface area contributed by atoms with Crippen LogP contribution >= 0.6 is 0 Å². The van der Waals surface area contributed by atoms with Crippen molar-refractivity contribution in [1.29, 1.82) is 0 Å². The summed E-state index contributed by atoms with van der Waals surface area (Å²) >= 11 is 0. The molecule has 0 radical (unpaired) electrons. The second-order valence-electron chi connectivity index (χ2n) is 13.2. The lowest BCUT2D eigenvalue weighted by molar-refractivity contribution is 0.669. The van der Waals surface area contributed by atoms with Gasteiger partial charge < -0.3 is 8.98 Å². The predicted molar refractivity (Wildman–Crippen MR) is 211 cm³/mol. The van der Waals surface area contributed by atoms with Crippen LogP contribution in [0.3, 0.4) is 0 Å². The lowest BCUT2D eigenvalue weighted by atomic mass is 9.98. The largest absolute Gasteiger partial charge is 0.456 e. The first kappa shape index (κ1) is 28.0. The van der Waals surface area contributed by atoms with Gasteiger partial charge in [0, 0.05) is 38.5 Å². The number of imidazole rings is 1. The number of fused-ring (bicyclic) bond motifs is 8. The van der Waals surface area contributed by atoms with E-state index in [1.807, 2.05) is 12.1 Å². The minimum Gasteiger partial charge on any atom is -0.456 e. The van der Waals surface area contributed by atoms with Crippen molar-refractivity contribution in [3.05, 3.63) is 176 Å². The SMILES string of the molecule is c1ccc(-n2c(-c3cccc4oc5ccc(-c6ccc7c(c6)c6cc8ccccc8cc6n7-c6ccccc6)cc5c34)nc3ccccc32)cc1. The van der Waals surface area contributed by atoms with E-state index >= 15 is 0 Å². The highest BCUT2D eigenvalue weighted by Gasteiger charge is 2.20. The lowest BCUT2D eigenvalue weighted by Gasteiger charge is -2.10. The van der Waals surface area contributed by atoms with Gasteiger partial charge in [0.2, 0.25) is 0 Å². The maximum absolute atomic E-state index is 6.51. The Labute approximate surface area is 293 Å². The van der Waals surface area contributed by atoms with Crippen molar-refractivity contribution in [2.75, 3.05) is 0 Å². The first-order valence-electron chi connectivity index (χ1n) is 17.3. The Kier molecular flexibility index (Phi) is 5.92. The van der Waals surface area contributed by atoms with Gasteiger partial charge in [0.05, 0.1) is 22.1 Å². The molecule has 0 bridgehead atoms. The third-order valence-corrected chi connectivity index (χ3v) is 10.3. The van der Waals surface area contributed by atoms with Gasteiger partial charge in [0.25, 0.3) is 0 Å². The van der Waals surface area contributed by atoms with Gasteiger partial charge in [-0.1, -0.05) is 97.1 Å². The fraction of sp³-hybridized carbons (Fsp3) is 0. The van der Waals surface area contributed by atoms with E-state index in [-0.39, 0.29) is 0 Å². The molecule has 11 rings (SSSR count). The number of para-hydroxylation sites is 4. The number of rotatable bonds is 4. The van der Waals surface area contributed by atoms with E-state index in [1.165, 1.54) is 32.6 Å². The minimum atomic E-state index is 0.847. The fourth-order valence-electron chi connectivity index (χ4n) is 7.98. The monoisotopic (exact) mass is 651 g/mol. The van der Waals surface area contributed by atoms with Crippen molar-refractivity contribution in [3.63, 3.8) is 0 Å². The van der Waals surface area contributed by atoms with E-state index in [2.05, 4.69) is 173 Å². The summed E-state index contributed by atoms with van der Waals surface area (Å²) in [7, 11) is 0. The average molecular weight is 652 g/mol. The molecule has 0 spiro atoms. The molecule has 0 atom stereocenters. The van der Waals surface area contributed by atoms with Crippen LogP contribution in [0.2, 0.25) is 0 Å². The molecule has 0 fully saturated rings. The number of hydrogen-bond donors (Lipinski definition) is 0. The first-order chi connectivity index (χ1) is 25.3. The van der Waals surface area contributed by atoms with Crippen LogP contribution in [-0.2, 0) is 0 Å². The zero-order valence-corrected chi connectivity index (χ0v) is 27.5. The van der Waals surface area contributed by atoms with Gasteiger partial charge in [-0.25, -0.2) is 4.98 Å². The zero-order chi connectivity index (χ0) is 33.5. The molecule has 11 aromatic rings. The number of nitrogens with zero attached hydrogens (tertiary/aromatic N) is 3. The molecular weight excluding hydrogens is 623 g/mol. The molecule has 0 aliphatic carbocycles. The predicted octanol–water partition coefficient (Wildman–Crippen LogP) is 12.5. The molecule has 8 aromatic carbocycles. The topological polar surface area (TPSA) is 35.9 Å². The van der Waals surface area contributed by atoms with E-state index in [0.717, 1.165) is 66.9 Å². The summed E-state index contributed by atoms with van der Waals surface area (Å²) in [5, 5.41) is 7.08. The Morgan fingerprint density at radius 3 is 1.86 bits per heavy atom. The summed E-state index contributed by atoms with van der Waals surface area (Å²) in [6.45, 7) is 0. The Bertz CT molecular complexity index is 3130. The van der Waals surface area contributed by atoms with Crippen LogP contribution in [0, 0.1) is 0 Å². The number of furan rings is 1. The molecule has 238 valence electrons. The number of benzene rings is 8. The second-order valence-corrected chi connectivity index (χ2v) is 13.2. The third-order valence-electron chi connectivity index (χ3n) is 10.3. The van der Waals surface area contributed by atoms with Gasteiger partial charge in [-0.3, -0.25) is 4.57 Å². The summed E-state index contributed by atoms with van der Waals surface area (Å²) < 4.78 is 11.2. The van der Waals surface area contributed by atoms with Crippen LogP contribution in [0.5, 0.6) is 0 Å². The average Bonchev–Trinajstić information content (AvgIpc) is 3.86. The molecule has 0 unspecified atom stereocenters. The van der Waals surface area contributed by atoms with Gasteiger partial charge in [-0.15, -0.1) is 0 Å². The van der Waals surface area contributed by atoms with Crippen molar-refractivity contribution in [2.24, 2.45) is 0 Å². The van der Waals surface area contributed by atoms with Gasteiger partial charge in [0.15, 0.2) is 0 Å². The van der Waals surface area contributed by atoms with Crippen LogP contribution in [0.1, 0.15) is 0 Å². The molecule has 3 aromatic heterocycles. The molecule has 0 aliphatic heterocycles. The minimum absolute atomic E-state index is 0.847. The summed E-state index contributed by atoms with van der Waals surface area (Å²) in [6.07, 6.45) is 0. The van der Waals surface area contributed by atoms with Crippen LogP contribution in [0.4, 0.5) is 0 Å². The van der Waals surface area contributed by atoms with E-state index in [9.17, 15) is 0 Å². The van der Waals surface area contributed by atoms with Crippen molar-refractivity contribution in [1.82, 2.24) is 14.1 Å². The molecule has 0 N–H and O–H groups in total. The zero-order valence-electron chi connectivity index (χ0n) is 27.5. The highest BCUT2D eigenvalue weighted by atomic mass is 16.3. The van der Waals surface area contributed by atoms with Crippen molar-refractivity contribution in [3.8, 4) is 33.9 Å². The highest BCUT2D eigenvalue weighted by molar-refractivity contribution is 6.16.